The molecule has 0 aliphatic rings. The van der Waals surface area contributed by atoms with Gasteiger partial charge in [-0.1, -0.05) is 6.92 Å². The first-order valence-corrected chi connectivity index (χ1v) is 6.05. The van der Waals surface area contributed by atoms with Crippen molar-refractivity contribution >= 4 is 0 Å². The van der Waals surface area contributed by atoms with Crippen molar-refractivity contribution in [2.24, 2.45) is 5.73 Å². The van der Waals surface area contributed by atoms with E-state index in [4.69, 9.17) is 5.73 Å². The summed E-state index contributed by atoms with van der Waals surface area (Å²) in [5.74, 6) is 1.00. The van der Waals surface area contributed by atoms with Crippen LogP contribution in [-0.2, 0) is 19.5 Å². The van der Waals surface area contributed by atoms with Gasteiger partial charge in [-0.2, -0.15) is 5.10 Å². The maximum absolute atomic E-state index is 5.53. The summed E-state index contributed by atoms with van der Waals surface area (Å²) in [4.78, 5) is 4.29. The van der Waals surface area contributed by atoms with Gasteiger partial charge in [0.1, 0.15) is 12.2 Å². The van der Waals surface area contributed by atoms with E-state index in [1.807, 2.05) is 4.68 Å². The van der Waals surface area contributed by atoms with Gasteiger partial charge in [0, 0.05) is 18.9 Å². The lowest BCUT2D eigenvalue weighted by Crippen LogP contribution is -2.09. The largest absolute Gasteiger partial charge is 0.346 e. The highest BCUT2D eigenvalue weighted by atomic mass is 15.3. The van der Waals surface area contributed by atoms with E-state index in [0.29, 0.717) is 6.54 Å². The summed E-state index contributed by atoms with van der Waals surface area (Å²) in [6, 6.07) is 2.10. The molecule has 2 heterocycles. The molecule has 2 aromatic heterocycles. The van der Waals surface area contributed by atoms with Gasteiger partial charge < -0.3 is 10.3 Å². The second-order valence-electron chi connectivity index (χ2n) is 4.13. The first kappa shape index (κ1) is 11.9. The van der Waals surface area contributed by atoms with Crippen LogP contribution in [0.2, 0.25) is 0 Å². The Morgan fingerprint density at radius 3 is 3.06 bits per heavy atom. The van der Waals surface area contributed by atoms with Gasteiger partial charge in [-0.05, 0) is 31.0 Å². The third-order valence-electron chi connectivity index (χ3n) is 2.70. The fourth-order valence-electron chi connectivity index (χ4n) is 1.88. The van der Waals surface area contributed by atoms with Gasteiger partial charge in [-0.25, -0.2) is 9.67 Å². The lowest BCUT2D eigenvalue weighted by atomic mass is 10.2. The van der Waals surface area contributed by atoms with E-state index in [1.54, 1.807) is 6.33 Å². The molecule has 92 valence electrons. The fourth-order valence-corrected chi connectivity index (χ4v) is 1.88. The number of nitrogens with two attached hydrogens (primary N) is 1. The fraction of sp³-hybridized carbons (Fsp3) is 0.500. The molecular formula is C12H19N5. The van der Waals surface area contributed by atoms with Crippen molar-refractivity contribution in [1.29, 1.82) is 0 Å². The molecule has 17 heavy (non-hydrogen) atoms. The standard InChI is InChI=1S/C12H19N5/c1-2-6-17-12(14-10-15-17)9-16-7-4-11(8-16)3-5-13/h4,7-8,10H,2-3,5-6,9,13H2,1H3. The zero-order chi connectivity index (χ0) is 12.1. The van der Waals surface area contributed by atoms with Gasteiger partial charge in [0.2, 0.25) is 0 Å². The molecule has 0 radical (unpaired) electrons. The normalized spacial score (nSPS) is 10.9. The maximum Gasteiger partial charge on any atom is 0.146 e. The van der Waals surface area contributed by atoms with Crippen LogP contribution in [0.4, 0.5) is 0 Å². The average molecular weight is 233 g/mol. The van der Waals surface area contributed by atoms with Crippen molar-refractivity contribution in [1.82, 2.24) is 19.3 Å². The van der Waals surface area contributed by atoms with Crippen LogP contribution in [0.15, 0.2) is 24.8 Å². The zero-order valence-corrected chi connectivity index (χ0v) is 10.2. The molecule has 0 fully saturated rings. The third kappa shape index (κ3) is 2.94. The Labute approximate surface area is 101 Å². The molecule has 0 aliphatic heterocycles. The van der Waals surface area contributed by atoms with Crippen molar-refractivity contribution < 1.29 is 0 Å². The minimum atomic E-state index is 0.691. The Morgan fingerprint density at radius 1 is 1.41 bits per heavy atom. The van der Waals surface area contributed by atoms with Gasteiger partial charge in [-0.3, -0.25) is 0 Å². The Balaban J connectivity index is 2.05. The first-order chi connectivity index (χ1) is 8.33. The zero-order valence-electron chi connectivity index (χ0n) is 10.2. The van der Waals surface area contributed by atoms with Crippen molar-refractivity contribution in [3.8, 4) is 0 Å². The monoisotopic (exact) mass is 233 g/mol. The van der Waals surface area contributed by atoms with E-state index < -0.39 is 0 Å². The molecular weight excluding hydrogens is 214 g/mol. The summed E-state index contributed by atoms with van der Waals surface area (Å²) in [5, 5.41) is 4.22. The second kappa shape index (κ2) is 5.63. The molecule has 5 heteroatoms. The van der Waals surface area contributed by atoms with Gasteiger partial charge in [0.05, 0.1) is 6.54 Å². The Kier molecular flexibility index (Phi) is 3.93. The lowest BCUT2D eigenvalue weighted by Gasteiger charge is -2.05. The topological polar surface area (TPSA) is 61.7 Å². The first-order valence-electron chi connectivity index (χ1n) is 6.05. The van der Waals surface area contributed by atoms with Crippen LogP contribution in [0.3, 0.4) is 0 Å². The number of aryl methyl sites for hydroxylation is 1. The molecule has 0 bridgehead atoms. The third-order valence-corrected chi connectivity index (χ3v) is 2.70. The molecule has 0 saturated heterocycles. The lowest BCUT2D eigenvalue weighted by molar-refractivity contribution is 0.554. The molecule has 5 nitrogen and oxygen atoms in total. The van der Waals surface area contributed by atoms with E-state index in [9.17, 15) is 0 Å². The highest BCUT2D eigenvalue weighted by Gasteiger charge is 2.04. The van der Waals surface area contributed by atoms with Crippen LogP contribution in [0.25, 0.3) is 0 Å². The van der Waals surface area contributed by atoms with E-state index >= 15 is 0 Å². The molecule has 0 aliphatic carbocycles. The molecule has 0 aromatic carbocycles. The molecule has 0 saturated carbocycles. The van der Waals surface area contributed by atoms with E-state index in [0.717, 1.165) is 31.8 Å². The number of hydrogen-bond donors (Lipinski definition) is 1. The van der Waals surface area contributed by atoms with Crippen LogP contribution < -0.4 is 5.73 Å². The summed E-state index contributed by atoms with van der Waals surface area (Å²) in [6.07, 6.45) is 7.80. The average Bonchev–Trinajstić information content (AvgIpc) is 2.91. The minimum absolute atomic E-state index is 0.691. The maximum atomic E-state index is 5.53. The Hall–Kier alpha value is -1.62. The Bertz CT molecular complexity index is 457. The van der Waals surface area contributed by atoms with Crippen molar-refractivity contribution in [2.75, 3.05) is 6.54 Å². The van der Waals surface area contributed by atoms with Crippen LogP contribution in [0, 0.1) is 0 Å². The van der Waals surface area contributed by atoms with Crippen LogP contribution in [0.5, 0.6) is 0 Å². The molecule has 0 amide bonds. The van der Waals surface area contributed by atoms with Crippen LogP contribution >= 0.6 is 0 Å². The predicted octanol–water partition coefficient (Wildman–Crippen LogP) is 1.04. The number of aromatic nitrogens is 4. The summed E-state index contributed by atoms with van der Waals surface area (Å²) in [6.45, 7) is 4.52. The smallest absolute Gasteiger partial charge is 0.146 e. The molecule has 2 rings (SSSR count). The summed E-state index contributed by atoms with van der Waals surface area (Å²) in [5.41, 5.74) is 6.81. The summed E-state index contributed by atoms with van der Waals surface area (Å²) >= 11 is 0. The van der Waals surface area contributed by atoms with E-state index in [1.165, 1.54) is 5.56 Å². The van der Waals surface area contributed by atoms with E-state index in [-0.39, 0.29) is 0 Å². The van der Waals surface area contributed by atoms with Crippen LogP contribution in [0.1, 0.15) is 24.7 Å². The second-order valence-corrected chi connectivity index (χ2v) is 4.13. The van der Waals surface area contributed by atoms with Crippen molar-refractivity contribution in [3.63, 3.8) is 0 Å². The molecule has 0 unspecified atom stereocenters. The summed E-state index contributed by atoms with van der Waals surface area (Å²) < 4.78 is 4.09. The van der Waals surface area contributed by atoms with Crippen LogP contribution in [-0.4, -0.2) is 25.9 Å². The molecule has 2 aromatic rings. The molecule has 2 N–H and O–H groups in total. The minimum Gasteiger partial charge on any atom is -0.346 e. The number of nitrogens with zero attached hydrogens (tertiary/aromatic N) is 4. The molecule has 0 spiro atoms. The van der Waals surface area contributed by atoms with Gasteiger partial charge in [-0.15, -0.1) is 0 Å². The highest BCUT2D eigenvalue weighted by Crippen LogP contribution is 2.05. The highest BCUT2D eigenvalue weighted by molar-refractivity contribution is 5.11. The quantitative estimate of drug-likeness (QED) is 0.811. The van der Waals surface area contributed by atoms with Crippen molar-refractivity contribution in [3.05, 3.63) is 36.2 Å². The van der Waals surface area contributed by atoms with Gasteiger partial charge in [0.15, 0.2) is 0 Å². The molecule has 0 atom stereocenters. The van der Waals surface area contributed by atoms with Gasteiger partial charge in [0.25, 0.3) is 0 Å². The van der Waals surface area contributed by atoms with Gasteiger partial charge >= 0.3 is 0 Å². The van der Waals surface area contributed by atoms with Crippen molar-refractivity contribution in [2.45, 2.75) is 32.9 Å². The number of hydrogen-bond acceptors (Lipinski definition) is 3. The summed E-state index contributed by atoms with van der Waals surface area (Å²) in [7, 11) is 0. The SMILES string of the molecule is CCCn1ncnc1Cn1ccc(CCN)c1. The predicted molar refractivity (Wildman–Crippen MR) is 66.6 cm³/mol. The Morgan fingerprint density at radius 2 is 2.29 bits per heavy atom. The van der Waals surface area contributed by atoms with E-state index in [2.05, 4.69) is 40.0 Å². The number of rotatable bonds is 6.